The van der Waals surface area contributed by atoms with E-state index in [1.807, 2.05) is 6.07 Å². The van der Waals surface area contributed by atoms with E-state index in [0.717, 1.165) is 0 Å². The van der Waals surface area contributed by atoms with E-state index >= 15 is 0 Å². The molecular formula is C21H18FN3O2. The summed E-state index contributed by atoms with van der Waals surface area (Å²) in [6.07, 6.45) is 0. The minimum absolute atomic E-state index is 0.0340. The molecule has 0 aliphatic carbocycles. The number of anilines is 3. The number of rotatable bonds is 6. The fourth-order valence-corrected chi connectivity index (χ4v) is 2.42. The second-order valence-corrected chi connectivity index (χ2v) is 5.81. The number of benzene rings is 3. The smallest absolute Gasteiger partial charge is 0.255 e. The summed E-state index contributed by atoms with van der Waals surface area (Å²) in [7, 11) is 0. The van der Waals surface area contributed by atoms with E-state index in [0.29, 0.717) is 22.6 Å². The van der Waals surface area contributed by atoms with Gasteiger partial charge < -0.3 is 16.0 Å². The van der Waals surface area contributed by atoms with Crippen LogP contribution in [-0.2, 0) is 4.79 Å². The van der Waals surface area contributed by atoms with Gasteiger partial charge in [-0.05, 0) is 54.6 Å². The second-order valence-electron chi connectivity index (χ2n) is 5.81. The van der Waals surface area contributed by atoms with Crippen LogP contribution in [0.1, 0.15) is 10.4 Å². The average Bonchev–Trinajstić information content (AvgIpc) is 2.68. The third-order valence-electron chi connectivity index (χ3n) is 3.74. The van der Waals surface area contributed by atoms with Gasteiger partial charge in [-0.3, -0.25) is 9.59 Å². The van der Waals surface area contributed by atoms with Crippen molar-refractivity contribution in [1.29, 1.82) is 0 Å². The van der Waals surface area contributed by atoms with Crippen LogP contribution in [0.15, 0.2) is 78.9 Å². The van der Waals surface area contributed by atoms with Gasteiger partial charge in [-0.25, -0.2) is 4.39 Å². The molecule has 0 saturated carbocycles. The maximum atomic E-state index is 12.9. The number of halogens is 1. The molecule has 0 atom stereocenters. The zero-order valence-electron chi connectivity index (χ0n) is 14.4. The molecule has 3 aromatic rings. The van der Waals surface area contributed by atoms with Crippen LogP contribution in [0.2, 0.25) is 0 Å². The van der Waals surface area contributed by atoms with Gasteiger partial charge in [0.1, 0.15) is 5.82 Å². The van der Waals surface area contributed by atoms with E-state index < -0.39 is 0 Å². The number of nitrogens with one attached hydrogen (secondary N) is 3. The van der Waals surface area contributed by atoms with Crippen molar-refractivity contribution < 1.29 is 14.0 Å². The highest BCUT2D eigenvalue weighted by molar-refractivity contribution is 6.04. The van der Waals surface area contributed by atoms with E-state index in [1.165, 1.54) is 12.1 Å². The summed E-state index contributed by atoms with van der Waals surface area (Å²) < 4.78 is 12.9. The summed E-state index contributed by atoms with van der Waals surface area (Å²) in [5, 5.41) is 8.46. The van der Waals surface area contributed by atoms with Gasteiger partial charge in [-0.15, -0.1) is 0 Å². The van der Waals surface area contributed by atoms with E-state index in [2.05, 4.69) is 16.0 Å². The Labute approximate surface area is 156 Å². The average molecular weight is 363 g/mol. The molecule has 0 saturated heterocycles. The highest BCUT2D eigenvalue weighted by Gasteiger charge is 2.07. The molecule has 5 nitrogen and oxygen atoms in total. The Morgan fingerprint density at radius 1 is 0.741 bits per heavy atom. The van der Waals surface area contributed by atoms with Gasteiger partial charge in [0.25, 0.3) is 5.91 Å². The molecule has 3 rings (SSSR count). The van der Waals surface area contributed by atoms with Crippen LogP contribution in [0.25, 0.3) is 0 Å². The molecule has 0 bridgehead atoms. The van der Waals surface area contributed by atoms with Crippen molar-refractivity contribution >= 4 is 28.9 Å². The summed E-state index contributed by atoms with van der Waals surface area (Å²) in [6.45, 7) is 0.0340. The molecule has 0 heterocycles. The first kappa shape index (κ1) is 18.1. The zero-order valence-corrected chi connectivity index (χ0v) is 14.4. The molecular weight excluding hydrogens is 345 g/mol. The second kappa shape index (κ2) is 8.62. The molecule has 0 aromatic heterocycles. The molecule has 27 heavy (non-hydrogen) atoms. The Bertz CT molecular complexity index is 928. The Hall–Kier alpha value is -3.67. The maximum Gasteiger partial charge on any atom is 0.255 e. The van der Waals surface area contributed by atoms with Gasteiger partial charge in [0.05, 0.1) is 6.54 Å². The number of carbonyl (C=O) groups excluding carboxylic acids is 2. The number of hydrogen-bond donors (Lipinski definition) is 3. The number of hydrogen-bond acceptors (Lipinski definition) is 3. The Kier molecular flexibility index (Phi) is 5.79. The van der Waals surface area contributed by atoms with Crippen molar-refractivity contribution in [2.24, 2.45) is 0 Å². The maximum absolute atomic E-state index is 12.9. The van der Waals surface area contributed by atoms with Crippen molar-refractivity contribution in [2.75, 3.05) is 22.5 Å². The summed E-state index contributed by atoms with van der Waals surface area (Å²) in [5.74, 6) is -0.817. The third kappa shape index (κ3) is 5.40. The van der Waals surface area contributed by atoms with Crippen molar-refractivity contribution in [3.63, 3.8) is 0 Å². The van der Waals surface area contributed by atoms with Crippen molar-refractivity contribution in [3.8, 4) is 0 Å². The Balaban J connectivity index is 1.56. The topological polar surface area (TPSA) is 70.2 Å². The third-order valence-corrected chi connectivity index (χ3v) is 3.74. The molecule has 0 aliphatic heterocycles. The van der Waals surface area contributed by atoms with Crippen LogP contribution in [-0.4, -0.2) is 18.4 Å². The van der Waals surface area contributed by atoms with Gasteiger partial charge in [0.2, 0.25) is 5.91 Å². The first-order chi connectivity index (χ1) is 13.1. The van der Waals surface area contributed by atoms with Gasteiger partial charge in [0.15, 0.2) is 0 Å². The Morgan fingerprint density at radius 3 is 2.11 bits per heavy atom. The zero-order chi connectivity index (χ0) is 19.1. The summed E-state index contributed by atoms with van der Waals surface area (Å²) in [4.78, 5) is 24.3. The predicted molar refractivity (Wildman–Crippen MR) is 104 cm³/mol. The quantitative estimate of drug-likeness (QED) is 0.617. The van der Waals surface area contributed by atoms with Gasteiger partial charge in [-0.2, -0.15) is 0 Å². The van der Waals surface area contributed by atoms with E-state index in [4.69, 9.17) is 0 Å². The number of amides is 2. The minimum atomic E-state index is -0.334. The first-order valence-corrected chi connectivity index (χ1v) is 8.36. The summed E-state index contributed by atoms with van der Waals surface area (Å²) in [6, 6.07) is 21.5. The molecule has 6 heteroatoms. The molecule has 2 amide bonds. The van der Waals surface area contributed by atoms with Gasteiger partial charge >= 0.3 is 0 Å². The lowest BCUT2D eigenvalue weighted by molar-refractivity contribution is -0.114. The van der Waals surface area contributed by atoms with Crippen LogP contribution in [0.5, 0.6) is 0 Å². The van der Waals surface area contributed by atoms with E-state index in [-0.39, 0.29) is 24.2 Å². The largest absolute Gasteiger partial charge is 0.376 e. The van der Waals surface area contributed by atoms with E-state index in [9.17, 15) is 14.0 Å². The number of carbonyl (C=O) groups is 2. The van der Waals surface area contributed by atoms with Crippen LogP contribution in [0.3, 0.4) is 0 Å². The SMILES string of the molecule is O=C(CNc1ccc(F)cc1)Nc1cccc(NC(=O)c2ccccc2)c1. The first-order valence-electron chi connectivity index (χ1n) is 8.36. The van der Waals surface area contributed by atoms with Crippen LogP contribution >= 0.6 is 0 Å². The molecule has 0 fully saturated rings. The molecule has 3 N–H and O–H groups in total. The lowest BCUT2D eigenvalue weighted by atomic mass is 10.2. The van der Waals surface area contributed by atoms with Crippen LogP contribution < -0.4 is 16.0 Å². The summed E-state index contributed by atoms with van der Waals surface area (Å²) in [5.41, 5.74) is 2.34. The fraction of sp³-hybridized carbons (Fsp3) is 0.0476. The predicted octanol–water partition coefficient (Wildman–Crippen LogP) is 4.13. The molecule has 0 radical (unpaired) electrons. The monoisotopic (exact) mass is 363 g/mol. The standard InChI is InChI=1S/C21H18FN3O2/c22-16-9-11-17(12-10-16)23-14-20(26)24-18-7-4-8-19(13-18)25-21(27)15-5-2-1-3-6-15/h1-13,23H,14H2,(H,24,26)(H,25,27). The normalized spacial score (nSPS) is 10.1. The highest BCUT2D eigenvalue weighted by atomic mass is 19.1. The van der Waals surface area contributed by atoms with Crippen LogP contribution in [0, 0.1) is 5.82 Å². The molecule has 3 aromatic carbocycles. The summed E-state index contributed by atoms with van der Waals surface area (Å²) >= 11 is 0. The van der Waals surface area contributed by atoms with Crippen molar-refractivity contribution in [1.82, 2.24) is 0 Å². The molecule has 0 spiro atoms. The lowest BCUT2D eigenvalue weighted by Gasteiger charge is -2.10. The highest BCUT2D eigenvalue weighted by Crippen LogP contribution is 2.16. The molecule has 0 aliphatic rings. The van der Waals surface area contributed by atoms with Gasteiger partial charge in [-0.1, -0.05) is 24.3 Å². The van der Waals surface area contributed by atoms with Crippen molar-refractivity contribution in [2.45, 2.75) is 0 Å². The van der Waals surface area contributed by atoms with Gasteiger partial charge in [0, 0.05) is 22.6 Å². The van der Waals surface area contributed by atoms with Crippen LogP contribution in [0.4, 0.5) is 21.5 Å². The Morgan fingerprint density at radius 2 is 1.41 bits per heavy atom. The van der Waals surface area contributed by atoms with Crippen molar-refractivity contribution in [3.05, 3.63) is 90.2 Å². The lowest BCUT2D eigenvalue weighted by Crippen LogP contribution is -2.21. The molecule has 0 unspecified atom stereocenters. The van der Waals surface area contributed by atoms with E-state index in [1.54, 1.807) is 60.7 Å². The minimum Gasteiger partial charge on any atom is -0.376 e. The molecule has 136 valence electrons. The fourth-order valence-electron chi connectivity index (χ4n) is 2.42.